The van der Waals surface area contributed by atoms with Crippen LogP contribution in [-0.4, -0.2) is 44.3 Å². The van der Waals surface area contributed by atoms with Crippen molar-refractivity contribution in [1.29, 1.82) is 0 Å². The molecule has 0 saturated carbocycles. The summed E-state index contributed by atoms with van der Waals surface area (Å²) in [6, 6.07) is 0. The fourth-order valence-electron chi connectivity index (χ4n) is 1.30. The lowest BCUT2D eigenvalue weighted by Gasteiger charge is -2.12. The number of aliphatic hydroxyl groups is 2. The summed E-state index contributed by atoms with van der Waals surface area (Å²) in [6.45, 7) is 0.707. The fraction of sp³-hybridized carbons (Fsp3) is 0.667. The van der Waals surface area contributed by atoms with E-state index in [1.165, 1.54) is 0 Å². The summed E-state index contributed by atoms with van der Waals surface area (Å²) in [5.74, 6) is 0.544. The predicted molar refractivity (Wildman–Crippen MR) is 49.1 cm³/mol. The number of rotatable bonds is 1. The van der Waals surface area contributed by atoms with Gasteiger partial charge in [0.15, 0.2) is 11.0 Å². The number of β-amino-alcohol motifs (C(OH)–C–C–N with tert-alkyl or cyclic N) is 2. The monoisotopic (exact) mass is 221 g/mol. The number of hydrogen-bond acceptors (Lipinski definition) is 6. The molecule has 0 amide bonds. The molecule has 2 unspecified atom stereocenters. The van der Waals surface area contributed by atoms with E-state index in [0.717, 1.165) is 11.7 Å². The van der Waals surface area contributed by atoms with Gasteiger partial charge in [0.2, 0.25) is 0 Å². The Bertz CT molecular complexity index is 298. The van der Waals surface area contributed by atoms with Crippen molar-refractivity contribution in [2.45, 2.75) is 12.2 Å². The van der Waals surface area contributed by atoms with Gasteiger partial charge in [0.05, 0.1) is 23.9 Å². The zero-order chi connectivity index (χ0) is 9.42. The maximum atomic E-state index is 9.28. The third kappa shape index (κ3) is 1.62. The Morgan fingerprint density at radius 2 is 1.92 bits per heavy atom. The summed E-state index contributed by atoms with van der Waals surface area (Å²) in [4.78, 5) is 1.72. The van der Waals surface area contributed by atoms with Crippen LogP contribution in [0.15, 0.2) is 0 Å². The van der Waals surface area contributed by atoms with Crippen molar-refractivity contribution in [3.63, 3.8) is 0 Å². The third-order valence-electron chi connectivity index (χ3n) is 1.99. The van der Waals surface area contributed by atoms with Gasteiger partial charge in [-0.1, -0.05) is 11.6 Å². The summed E-state index contributed by atoms with van der Waals surface area (Å²) in [5, 5.41) is 18.9. The van der Waals surface area contributed by atoms with Crippen LogP contribution in [0.3, 0.4) is 0 Å². The lowest BCUT2D eigenvalue weighted by molar-refractivity contribution is 0.0572. The van der Waals surface area contributed by atoms with Crippen molar-refractivity contribution < 1.29 is 10.2 Å². The minimum Gasteiger partial charge on any atom is -0.389 e. The zero-order valence-corrected chi connectivity index (χ0v) is 8.16. The van der Waals surface area contributed by atoms with E-state index in [1.54, 1.807) is 4.90 Å². The molecule has 1 aromatic heterocycles. The Labute approximate surface area is 83.9 Å². The molecule has 2 N–H and O–H groups in total. The third-order valence-corrected chi connectivity index (χ3v) is 2.86. The Balaban J connectivity index is 2.16. The molecule has 1 saturated heterocycles. The van der Waals surface area contributed by atoms with Gasteiger partial charge in [-0.15, -0.1) is 0 Å². The molecule has 13 heavy (non-hydrogen) atoms. The molecule has 0 spiro atoms. The lowest BCUT2D eigenvalue weighted by atomic mass is 10.3. The van der Waals surface area contributed by atoms with Gasteiger partial charge >= 0.3 is 0 Å². The van der Waals surface area contributed by atoms with E-state index in [-0.39, 0.29) is 0 Å². The van der Waals surface area contributed by atoms with Gasteiger partial charge in [-0.25, -0.2) is 0 Å². The average molecular weight is 222 g/mol. The molecule has 5 nitrogen and oxygen atoms in total. The molecule has 0 aliphatic carbocycles. The zero-order valence-electron chi connectivity index (χ0n) is 6.59. The van der Waals surface area contributed by atoms with Crippen molar-refractivity contribution in [2.75, 3.05) is 18.0 Å². The molecular weight excluding hydrogens is 214 g/mol. The smallest absolute Gasteiger partial charge is 0.187 e. The minimum absolute atomic E-state index is 0.325. The first-order valence-electron chi connectivity index (χ1n) is 3.77. The second-order valence-electron chi connectivity index (χ2n) is 2.92. The second-order valence-corrected chi connectivity index (χ2v) is 3.80. The number of hydrogen-bond donors (Lipinski definition) is 2. The molecule has 72 valence electrons. The molecule has 0 radical (unpaired) electrons. The van der Waals surface area contributed by atoms with Crippen LogP contribution in [0, 0.1) is 0 Å². The van der Waals surface area contributed by atoms with E-state index >= 15 is 0 Å². The highest BCUT2D eigenvalue weighted by atomic mass is 35.5. The molecule has 2 heterocycles. The molecule has 2 rings (SSSR count). The highest BCUT2D eigenvalue weighted by Crippen LogP contribution is 2.26. The lowest BCUT2D eigenvalue weighted by Crippen LogP contribution is -2.22. The van der Waals surface area contributed by atoms with Crippen LogP contribution in [0.2, 0.25) is 5.15 Å². The standard InChI is InChI=1S/C6H8ClN3O2S/c7-5-6(9-13-8-5)10-1-3(11)4(12)2-10/h3-4,11-12H,1-2H2. The molecule has 0 bridgehead atoms. The maximum absolute atomic E-state index is 9.28. The highest BCUT2D eigenvalue weighted by molar-refractivity contribution is 6.99. The van der Waals surface area contributed by atoms with Gasteiger partial charge in [-0.05, 0) is 0 Å². The van der Waals surface area contributed by atoms with Crippen LogP contribution in [0.4, 0.5) is 5.82 Å². The van der Waals surface area contributed by atoms with Gasteiger partial charge in [-0.2, -0.15) is 8.75 Å². The van der Waals surface area contributed by atoms with E-state index in [2.05, 4.69) is 8.75 Å². The maximum Gasteiger partial charge on any atom is 0.187 e. The number of anilines is 1. The van der Waals surface area contributed by atoms with Crippen LogP contribution in [0.5, 0.6) is 0 Å². The Kier molecular flexibility index (Phi) is 2.37. The molecule has 1 aliphatic rings. The minimum atomic E-state index is -0.724. The van der Waals surface area contributed by atoms with E-state index in [1.807, 2.05) is 0 Å². The number of halogens is 1. The van der Waals surface area contributed by atoms with E-state index < -0.39 is 12.2 Å². The molecule has 1 fully saturated rings. The average Bonchev–Trinajstić information content (AvgIpc) is 2.60. The Morgan fingerprint density at radius 3 is 2.38 bits per heavy atom. The van der Waals surface area contributed by atoms with Gasteiger partial charge in [0, 0.05) is 13.1 Å². The van der Waals surface area contributed by atoms with Crippen LogP contribution < -0.4 is 4.90 Å². The Morgan fingerprint density at radius 1 is 1.31 bits per heavy atom. The predicted octanol–water partition coefficient (Wildman–Crippen LogP) is -0.267. The Hall–Kier alpha value is -0.430. The van der Waals surface area contributed by atoms with Gasteiger partial charge < -0.3 is 15.1 Å². The molecular formula is C6H8ClN3O2S. The van der Waals surface area contributed by atoms with Crippen molar-refractivity contribution >= 4 is 29.1 Å². The highest BCUT2D eigenvalue weighted by Gasteiger charge is 2.31. The van der Waals surface area contributed by atoms with Crippen molar-refractivity contribution in [3.05, 3.63) is 5.15 Å². The first kappa shape index (κ1) is 9.14. The van der Waals surface area contributed by atoms with Crippen LogP contribution >= 0.6 is 23.3 Å². The van der Waals surface area contributed by atoms with Crippen LogP contribution in [-0.2, 0) is 0 Å². The molecule has 0 aromatic carbocycles. The van der Waals surface area contributed by atoms with Crippen molar-refractivity contribution in [2.24, 2.45) is 0 Å². The SMILES string of the molecule is OC1CN(c2nsnc2Cl)CC1O. The topological polar surface area (TPSA) is 69.5 Å². The molecule has 2 atom stereocenters. The van der Waals surface area contributed by atoms with E-state index in [0.29, 0.717) is 24.1 Å². The van der Waals surface area contributed by atoms with Gasteiger partial charge in [0.25, 0.3) is 0 Å². The normalized spacial score (nSPS) is 28.4. The van der Waals surface area contributed by atoms with Crippen LogP contribution in [0.1, 0.15) is 0 Å². The quantitative estimate of drug-likeness (QED) is 0.684. The van der Waals surface area contributed by atoms with E-state index in [9.17, 15) is 10.2 Å². The molecule has 1 aliphatic heterocycles. The summed E-state index contributed by atoms with van der Waals surface area (Å²) in [7, 11) is 0. The molecule has 1 aromatic rings. The first-order chi connectivity index (χ1) is 6.18. The van der Waals surface area contributed by atoms with E-state index in [4.69, 9.17) is 11.6 Å². The summed E-state index contributed by atoms with van der Waals surface area (Å²) < 4.78 is 7.77. The van der Waals surface area contributed by atoms with Crippen LogP contribution in [0.25, 0.3) is 0 Å². The van der Waals surface area contributed by atoms with Gasteiger partial charge in [-0.3, -0.25) is 0 Å². The second kappa shape index (κ2) is 3.38. The largest absolute Gasteiger partial charge is 0.389 e. The number of nitrogens with zero attached hydrogens (tertiary/aromatic N) is 3. The fourth-order valence-corrected chi connectivity index (χ4v) is 2.08. The summed E-state index contributed by atoms with van der Waals surface area (Å²) >= 11 is 6.77. The van der Waals surface area contributed by atoms with Crippen molar-refractivity contribution in [1.82, 2.24) is 8.75 Å². The summed E-state index contributed by atoms with van der Waals surface area (Å²) in [5.41, 5.74) is 0. The van der Waals surface area contributed by atoms with Gasteiger partial charge in [0.1, 0.15) is 0 Å². The summed E-state index contributed by atoms with van der Waals surface area (Å²) in [6.07, 6.45) is -1.45. The number of aliphatic hydroxyl groups excluding tert-OH is 2. The van der Waals surface area contributed by atoms with Crippen molar-refractivity contribution in [3.8, 4) is 0 Å². The molecule has 7 heteroatoms. The number of aromatic nitrogens is 2. The first-order valence-corrected chi connectivity index (χ1v) is 4.88.